The SMILES string of the molecule is Cc1ccc(NC(C)c2ccccc2C(F)(F)F)cn1. The van der Waals surface area contributed by atoms with E-state index < -0.39 is 17.8 Å². The Labute approximate surface area is 115 Å². The molecule has 2 aromatic rings. The summed E-state index contributed by atoms with van der Waals surface area (Å²) < 4.78 is 38.9. The molecular formula is C15H15F3N2. The molecule has 0 amide bonds. The highest BCUT2D eigenvalue weighted by atomic mass is 19.4. The maximum Gasteiger partial charge on any atom is 0.416 e. The second-order valence-electron chi connectivity index (χ2n) is 4.64. The highest BCUT2D eigenvalue weighted by Gasteiger charge is 2.34. The number of hydrogen-bond donors (Lipinski definition) is 1. The van der Waals surface area contributed by atoms with Crippen molar-refractivity contribution in [2.45, 2.75) is 26.1 Å². The molecule has 0 radical (unpaired) electrons. The van der Waals surface area contributed by atoms with Crippen LogP contribution in [0.4, 0.5) is 18.9 Å². The van der Waals surface area contributed by atoms with Crippen molar-refractivity contribution in [1.29, 1.82) is 0 Å². The van der Waals surface area contributed by atoms with Crippen LogP contribution in [0.3, 0.4) is 0 Å². The summed E-state index contributed by atoms with van der Waals surface area (Å²) in [5.74, 6) is 0. The number of anilines is 1. The molecule has 0 spiro atoms. The first-order chi connectivity index (χ1) is 9.38. The molecule has 1 N–H and O–H groups in total. The van der Waals surface area contributed by atoms with Gasteiger partial charge in [-0.25, -0.2) is 0 Å². The molecule has 0 aliphatic rings. The number of aryl methyl sites for hydroxylation is 1. The van der Waals surface area contributed by atoms with Gasteiger partial charge in [0.15, 0.2) is 0 Å². The van der Waals surface area contributed by atoms with E-state index in [9.17, 15) is 13.2 Å². The van der Waals surface area contributed by atoms with Gasteiger partial charge in [0.2, 0.25) is 0 Å². The third-order valence-corrected chi connectivity index (χ3v) is 3.03. The van der Waals surface area contributed by atoms with E-state index >= 15 is 0 Å². The molecule has 0 bridgehead atoms. The van der Waals surface area contributed by atoms with Gasteiger partial charge in [0.1, 0.15) is 0 Å². The summed E-state index contributed by atoms with van der Waals surface area (Å²) in [4.78, 5) is 4.11. The Balaban J connectivity index is 2.25. The van der Waals surface area contributed by atoms with Gasteiger partial charge >= 0.3 is 6.18 Å². The van der Waals surface area contributed by atoms with Gasteiger partial charge in [0.05, 0.1) is 17.4 Å². The predicted octanol–water partition coefficient (Wildman–Crippen LogP) is 4.58. The average Bonchev–Trinajstić information content (AvgIpc) is 2.40. The van der Waals surface area contributed by atoms with Gasteiger partial charge < -0.3 is 5.32 Å². The zero-order valence-corrected chi connectivity index (χ0v) is 11.2. The Bertz CT molecular complexity index is 576. The van der Waals surface area contributed by atoms with Crippen molar-refractivity contribution < 1.29 is 13.2 Å². The fourth-order valence-corrected chi connectivity index (χ4v) is 2.01. The molecule has 5 heteroatoms. The molecule has 1 aromatic carbocycles. The maximum absolute atomic E-state index is 13.0. The Morgan fingerprint density at radius 3 is 2.40 bits per heavy atom. The van der Waals surface area contributed by atoms with Crippen molar-refractivity contribution in [3.8, 4) is 0 Å². The van der Waals surface area contributed by atoms with Crippen LogP contribution in [0.15, 0.2) is 42.6 Å². The van der Waals surface area contributed by atoms with Crippen LogP contribution in [-0.4, -0.2) is 4.98 Å². The number of aromatic nitrogens is 1. The molecule has 2 nitrogen and oxygen atoms in total. The van der Waals surface area contributed by atoms with E-state index in [-0.39, 0.29) is 5.56 Å². The minimum atomic E-state index is -4.35. The van der Waals surface area contributed by atoms with Gasteiger partial charge in [-0.3, -0.25) is 4.98 Å². The standard InChI is InChI=1S/C15H15F3N2/c1-10-7-8-12(9-19-10)20-11(2)13-5-3-4-6-14(13)15(16,17)18/h3-9,11,20H,1-2H3. The van der Waals surface area contributed by atoms with Gasteiger partial charge in [-0.1, -0.05) is 18.2 Å². The summed E-state index contributed by atoms with van der Waals surface area (Å²) in [7, 11) is 0. The normalized spacial score (nSPS) is 13.1. The first-order valence-corrected chi connectivity index (χ1v) is 6.23. The van der Waals surface area contributed by atoms with E-state index in [2.05, 4.69) is 10.3 Å². The van der Waals surface area contributed by atoms with Crippen LogP contribution in [0, 0.1) is 6.92 Å². The minimum Gasteiger partial charge on any atom is -0.377 e. The quantitative estimate of drug-likeness (QED) is 0.890. The monoisotopic (exact) mass is 280 g/mol. The molecule has 0 saturated heterocycles. The molecule has 0 fully saturated rings. The van der Waals surface area contributed by atoms with E-state index in [1.807, 2.05) is 13.0 Å². The molecule has 1 heterocycles. The second kappa shape index (κ2) is 5.53. The third-order valence-electron chi connectivity index (χ3n) is 3.03. The summed E-state index contributed by atoms with van der Waals surface area (Å²) in [6.07, 6.45) is -2.74. The number of halogens is 3. The first-order valence-electron chi connectivity index (χ1n) is 6.23. The van der Waals surface area contributed by atoms with Crippen LogP contribution >= 0.6 is 0 Å². The van der Waals surface area contributed by atoms with Gasteiger partial charge in [-0.2, -0.15) is 13.2 Å². The van der Waals surface area contributed by atoms with Crippen LogP contribution in [0.1, 0.15) is 29.8 Å². The van der Waals surface area contributed by atoms with E-state index in [1.54, 1.807) is 25.3 Å². The smallest absolute Gasteiger partial charge is 0.377 e. The van der Waals surface area contributed by atoms with E-state index in [1.165, 1.54) is 12.1 Å². The predicted molar refractivity (Wildman–Crippen MR) is 72.5 cm³/mol. The number of pyridine rings is 1. The maximum atomic E-state index is 13.0. The fraction of sp³-hybridized carbons (Fsp3) is 0.267. The second-order valence-corrected chi connectivity index (χ2v) is 4.64. The van der Waals surface area contributed by atoms with Gasteiger partial charge in [0, 0.05) is 11.7 Å². The van der Waals surface area contributed by atoms with E-state index in [4.69, 9.17) is 0 Å². The Morgan fingerprint density at radius 1 is 1.10 bits per heavy atom. The van der Waals surface area contributed by atoms with Crippen LogP contribution in [0.5, 0.6) is 0 Å². The molecular weight excluding hydrogens is 265 g/mol. The largest absolute Gasteiger partial charge is 0.416 e. The topological polar surface area (TPSA) is 24.9 Å². The lowest BCUT2D eigenvalue weighted by molar-refractivity contribution is -0.138. The molecule has 1 unspecified atom stereocenters. The van der Waals surface area contributed by atoms with Crippen molar-refractivity contribution >= 4 is 5.69 Å². The summed E-state index contributed by atoms with van der Waals surface area (Å²) in [6.45, 7) is 3.55. The van der Waals surface area contributed by atoms with E-state index in [0.29, 0.717) is 5.69 Å². The number of nitrogens with zero attached hydrogens (tertiary/aromatic N) is 1. The summed E-state index contributed by atoms with van der Waals surface area (Å²) in [6, 6.07) is 8.74. The first kappa shape index (κ1) is 14.4. The Morgan fingerprint density at radius 2 is 1.80 bits per heavy atom. The Kier molecular flexibility index (Phi) is 3.97. The molecule has 2 rings (SSSR count). The highest BCUT2D eigenvalue weighted by Crippen LogP contribution is 2.35. The number of hydrogen-bond acceptors (Lipinski definition) is 2. The van der Waals surface area contributed by atoms with Gasteiger partial charge in [0.25, 0.3) is 0 Å². The number of nitrogens with one attached hydrogen (secondary N) is 1. The van der Waals surface area contributed by atoms with Crippen molar-refractivity contribution in [3.63, 3.8) is 0 Å². The number of rotatable bonds is 3. The lowest BCUT2D eigenvalue weighted by atomic mass is 10.0. The van der Waals surface area contributed by atoms with Crippen LogP contribution in [-0.2, 0) is 6.18 Å². The van der Waals surface area contributed by atoms with Gasteiger partial charge in [-0.05, 0) is 37.6 Å². The third kappa shape index (κ3) is 3.29. The van der Waals surface area contributed by atoms with Gasteiger partial charge in [-0.15, -0.1) is 0 Å². The fourth-order valence-electron chi connectivity index (χ4n) is 2.01. The minimum absolute atomic E-state index is 0.223. The van der Waals surface area contributed by atoms with E-state index in [0.717, 1.165) is 11.8 Å². The molecule has 1 aromatic heterocycles. The molecule has 106 valence electrons. The summed E-state index contributed by atoms with van der Waals surface area (Å²) in [5.41, 5.74) is 1.17. The van der Waals surface area contributed by atoms with Crippen molar-refractivity contribution in [2.75, 3.05) is 5.32 Å². The lowest BCUT2D eigenvalue weighted by Gasteiger charge is -2.20. The highest BCUT2D eigenvalue weighted by molar-refractivity contribution is 5.45. The molecule has 0 saturated carbocycles. The zero-order chi connectivity index (χ0) is 14.8. The van der Waals surface area contributed by atoms with Crippen molar-refractivity contribution in [2.24, 2.45) is 0 Å². The molecule has 20 heavy (non-hydrogen) atoms. The van der Waals surface area contributed by atoms with Crippen molar-refractivity contribution in [1.82, 2.24) is 4.98 Å². The van der Waals surface area contributed by atoms with Crippen LogP contribution in [0.2, 0.25) is 0 Å². The molecule has 0 aliphatic heterocycles. The molecule has 0 aliphatic carbocycles. The summed E-state index contributed by atoms with van der Waals surface area (Å²) >= 11 is 0. The average molecular weight is 280 g/mol. The van der Waals surface area contributed by atoms with Crippen molar-refractivity contribution in [3.05, 3.63) is 59.4 Å². The Hall–Kier alpha value is -2.04. The molecule has 1 atom stereocenters. The zero-order valence-electron chi connectivity index (χ0n) is 11.2. The number of alkyl halides is 3. The van der Waals surface area contributed by atoms with Crippen LogP contribution < -0.4 is 5.32 Å². The lowest BCUT2D eigenvalue weighted by Crippen LogP contribution is -2.15. The summed E-state index contributed by atoms with van der Waals surface area (Å²) in [5, 5.41) is 3.04. The number of benzene rings is 1. The van der Waals surface area contributed by atoms with Crippen LogP contribution in [0.25, 0.3) is 0 Å².